The predicted octanol–water partition coefficient (Wildman–Crippen LogP) is 1.71. The van der Waals surface area contributed by atoms with Crippen LogP contribution in [0.5, 0.6) is 0 Å². The van der Waals surface area contributed by atoms with Crippen molar-refractivity contribution < 1.29 is 4.79 Å². The molecule has 1 saturated heterocycles. The van der Waals surface area contributed by atoms with E-state index in [-0.39, 0.29) is 29.9 Å². The average molecular weight is 457 g/mol. The van der Waals surface area contributed by atoms with Crippen LogP contribution in [-0.4, -0.2) is 44.6 Å². The first kappa shape index (κ1) is 19.8. The summed E-state index contributed by atoms with van der Waals surface area (Å²) in [5, 5.41) is 9.55. The van der Waals surface area contributed by atoms with E-state index in [1.54, 1.807) is 0 Å². The lowest BCUT2D eigenvalue weighted by Crippen LogP contribution is -2.47. The number of nitrogens with one attached hydrogen (secondary N) is 3. The number of carbonyl (C=O) groups excluding carboxylic acids is 1. The molecule has 0 spiro atoms. The minimum atomic E-state index is 0. The average Bonchev–Trinajstić information content (AvgIpc) is 3.42. The number of hydrogen-bond acceptors (Lipinski definition) is 3. The van der Waals surface area contributed by atoms with Crippen LogP contribution in [-0.2, 0) is 11.3 Å². The van der Waals surface area contributed by atoms with Crippen molar-refractivity contribution >= 4 is 41.5 Å². The number of nitrogens with zero attached hydrogens (tertiary/aromatic N) is 2. The molecule has 2 fully saturated rings. The van der Waals surface area contributed by atoms with Crippen LogP contribution in [0, 0.1) is 5.92 Å². The zero-order valence-electron chi connectivity index (χ0n) is 14.8. The monoisotopic (exact) mass is 457 g/mol. The maximum Gasteiger partial charge on any atom is 0.239 e. The topological polar surface area (TPSA) is 68.8 Å². The van der Waals surface area contributed by atoms with E-state index < -0.39 is 0 Å². The lowest BCUT2D eigenvalue weighted by molar-refractivity contribution is -0.120. The minimum absolute atomic E-state index is 0. The Morgan fingerprint density at radius 3 is 2.68 bits per heavy atom. The molecule has 3 N–H and O–H groups in total. The van der Waals surface area contributed by atoms with Gasteiger partial charge in [0.2, 0.25) is 5.91 Å². The van der Waals surface area contributed by atoms with E-state index in [2.05, 4.69) is 57.0 Å². The molecule has 0 bridgehead atoms. The Kier molecular flexibility index (Phi) is 7.80. The number of piperazine rings is 1. The fourth-order valence-corrected chi connectivity index (χ4v) is 2.75. The van der Waals surface area contributed by atoms with Crippen molar-refractivity contribution in [2.45, 2.75) is 26.3 Å². The van der Waals surface area contributed by atoms with Gasteiger partial charge in [-0.15, -0.1) is 24.0 Å². The molecule has 0 aromatic heterocycles. The lowest BCUT2D eigenvalue weighted by atomic mass is 10.2. The molecule has 0 unspecified atom stereocenters. The van der Waals surface area contributed by atoms with Crippen molar-refractivity contribution in [2.24, 2.45) is 10.9 Å². The molecule has 7 heteroatoms. The second-order valence-corrected chi connectivity index (χ2v) is 6.46. The summed E-state index contributed by atoms with van der Waals surface area (Å²) in [4.78, 5) is 18.2. The molecule has 1 aliphatic heterocycles. The van der Waals surface area contributed by atoms with Crippen molar-refractivity contribution in [3.63, 3.8) is 0 Å². The highest BCUT2D eigenvalue weighted by atomic mass is 127. The van der Waals surface area contributed by atoms with Crippen LogP contribution in [0.1, 0.15) is 25.3 Å². The van der Waals surface area contributed by atoms with Gasteiger partial charge < -0.3 is 20.9 Å². The van der Waals surface area contributed by atoms with Gasteiger partial charge in [0.15, 0.2) is 5.96 Å². The van der Waals surface area contributed by atoms with E-state index in [9.17, 15) is 4.79 Å². The maximum atomic E-state index is 11.5. The standard InChI is InChI=1S/C18H27N5O.HI/c1-2-19-18(21-11-14-3-4-14)22-12-15-5-7-16(8-6-15)23-10-9-20-17(24)13-23;/h5-8,14H,2-4,9-13H2,1H3,(H,20,24)(H2,19,21,22);1H. The number of carbonyl (C=O) groups is 1. The highest BCUT2D eigenvalue weighted by Gasteiger charge is 2.21. The molecule has 6 nitrogen and oxygen atoms in total. The Bertz CT molecular complexity index is 586. The van der Waals surface area contributed by atoms with Crippen molar-refractivity contribution in [3.8, 4) is 0 Å². The largest absolute Gasteiger partial charge is 0.360 e. The summed E-state index contributed by atoms with van der Waals surface area (Å²) in [5.74, 6) is 1.81. The third-order valence-electron chi connectivity index (χ3n) is 4.36. The van der Waals surface area contributed by atoms with Crippen molar-refractivity contribution in [1.82, 2.24) is 16.0 Å². The smallest absolute Gasteiger partial charge is 0.239 e. The van der Waals surface area contributed by atoms with Crippen LogP contribution in [0.15, 0.2) is 29.3 Å². The number of anilines is 1. The van der Waals surface area contributed by atoms with Gasteiger partial charge in [-0.25, -0.2) is 4.99 Å². The zero-order chi connectivity index (χ0) is 16.8. The van der Waals surface area contributed by atoms with Crippen LogP contribution >= 0.6 is 24.0 Å². The summed E-state index contributed by atoms with van der Waals surface area (Å²) in [5.41, 5.74) is 2.26. The normalized spacial score (nSPS) is 17.6. The number of aliphatic imine (C=N–C) groups is 1. The van der Waals surface area contributed by atoms with Gasteiger partial charge in [0.1, 0.15) is 0 Å². The third kappa shape index (κ3) is 6.37. The van der Waals surface area contributed by atoms with E-state index in [4.69, 9.17) is 0 Å². The van der Waals surface area contributed by atoms with Crippen LogP contribution in [0.3, 0.4) is 0 Å². The highest BCUT2D eigenvalue weighted by molar-refractivity contribution is 14.0. The van der Waals surface area contributed by atoms with Gasteiger partial charge in [0.25, 0.3) is 0 Å². The predicted molar refractivity (Wildman–Crippen MR) is 113 cm³/mol. The fraction of sp³-hybridized carbons (Fsp3) is 0.556. The maximum absolute atomic E-state index is 11.5. The van der Waals surface area contributed by atoms with Crippen LogP contribution in [0.2, 0.25) is 0 Å². The minimum Gasteiger partial charge on any atom is -0.360 e. The zero-order valence-corrected chi connectivity index (χ0v) is 17.1. The second-order valence-electron chi connectivity index (χ2n) is 6.46. The fourth-order valence-electron chi connectivity index (χ4n) is 2.75. The summed E-state index contributed by atoms with van der Waals surface area (Å²) in [6.07, 6.45) is 2.67. The van der Waals surface area contributed by atoms with E-state index in [1.807, 2.05) is 0 Å². The highest BCUT2D eigenvalue weighted by Crippen LogP contribution is 2.27. The van der Waals surface area contributed by atoms with Crippen LogP contribution in [0.4, 0.5) is 5.69 Å². The van der Waals surface area contributed by atoms with E-state index in [1.165, 1.54) is 18.4 Å². The number of rotatable bonds is 6. The molecule has 1 saturated carbocycles. The van der Waals surface area contributed by atoms with Crippen molar-refractivity contribution in [3.05, 3.63) is 29.8 Å². The summed E-state index contributed by atoms with van der Waals surface area (Å²) >= 11 is 0. The number of benzene rings is 1. The molecule has 1 aromatic rings. The molecule has 2 aliphatic rings. The van der Waals surface area contributed by atoms with E-state index in [0.717, 1.165) is 37.2 Å². The van der Waals surface area contributed by atoms with E-state index in [0.29, 0.717) is 19.6 Å². The molecule has 1 amide bonds. The molecular weight excluding hydrogens is 429 g/mol. The lowest BCUT2D eigenvalue weighted by Gasteiger charge is -2.28. The Morgan fingerprint density at radius 1 is 1.28 bits per heavy atom. The van der Waals surface area contributed by atoms with Gasteiger partial charge in [-0.3, -0.25) is 4.79 Å². The molecule has 25 heavy (non-hydrogen) atoms. The SMILES string of the molecule is CCNC(=NCc1ccc(N2CCNC(=O)C2)cc1)NCC1CC1.I. The number of halogens is 1. The van der Waals surface area contributed by atoms with Crippen LogP contribution < -0.4 is 20.9 Å². The Labute approximate surface area is 166 Å². The number of guanidine groups is 1. The Hall–Kier alpha value is -1.51. The summed E-state index contributed by atoms with van der Waals surface area (Å²) in [6.45, 7) is 6.63. The molecule has 1 heterocycles. The van der Waals surface area contributed by atoms with Crippen molar-refractivity contribution in [2.75, 3.05) is 37.6 Å². The first-order valence-corrected chi connectivity index (χ1v) is 8.87. The van der Waals surface area contributed by atoms with Crippen LogP contribution in [0.25, 0.3) is 0 Å². The molecule has 138 valence electrons. The third-order valence-corrected chi connectivity index (χ3v) is 4.36. The molecule has 3 rings (SSSR count). The molecule has 1 aliphatic carbocycles. The van der Waals surface area contributed by atoms with Crippen molar-refractivity contribution in [1.29, 1.82) is 0 Å². The van der Waals surface area contributed by atoms with E-state index >= 15 is 0 Å². The number of hydrogen-bond donors (Lipinski definition) is 3. The first-order valence-electron chi connectivity index (χ1n) is 8.87. The van der Waals surface area contributed by atoms with Gasteiger partial charge in [-0.1, -0.05) is 12.1 Å². The number of amides is 1. The molecule has 0 atom stereocenters. The van der Waals surface area contributed by atoms with Gasteiger partial charge in [-0.05, 0) is 43.4 Å². The molecular formula is C18H28IN5O. The quantitative estimate of drug-likeness (QED) is 0.346. The summed E-state index contributed by atoms with van der Waals surface area (Å²) in [7, 11) is 0. The summed E-state index contributed by atoms with van der Waals surface area (Å²) in [6, 6.07) is 8.34. The Morgan fingerprint density at radius 2 is 2.04 bits per heavy atom. The molecule has 1 aromatic carbocycles. The van der Waals surface area contributed by atoms with Gasteiger partial charge in [-0.2, -0.15) is 0 Å². The molecule has 0 radical (unpaired) electrons. The van der Waals surface area contributed by atoms with Gasteiger partial charge in [0, 0.05) is 31.9 Å². The summed E-state index contributed by atoms with van der Waals surface area (Å²) < 4.78 is 0. The second kappa shape index (κ2) is 9.84. The Balaban J connectivity index is 0.00000225. The van der Waals surface area contributed by atoms with Gasteiger partial charge in [0.05, 0.1) is 13.1 Å². The van der Waals surface area contributed by atoms with Gasteiger partial charge >= 0.3 is 0 Å². The first-order chi connectivity index (χ1) is 11.7.